The van der Waals surface area contributed by atoms with Gasteiger partial charge >= 0.3 is 12.6 Å². The zero-order valence-electron chi connectivity index (χ0n) is 17.2. The number of rotatable bonds is 9. The van der Waals surface area contributed by atoms with Gasteiger partial charge in [0.05, 0.1) is 25.5 Å². The van der Waals surface area contributed by atoms with Gasteiger partial charge in [-0.3, -0.25) is 4.79 Å². The van der Waals surface area contributed by atoms with Crippen molar-refractivity contribution in [1.29, 1.82) is 0 Å². The van der Waals surface area contributed by atoms with Gasteiger partial charge in [-0.05, 0) is 50.2 Å². The number of esters is 1. The molecule has 0 spiro atoms. The maximum Gasteiger partial charge on any atom is 0.387 e. The van der Waals surface area contributed by atoms with Crippen LogP contribution < -0.4 is 9.47 Å². The smallest absolute Gasteiger partial charge is 0.387 e. The van der Waals surface area contributed by atoms with Crippen molar-refractivity contribution >= 4 is 11.8 Å². The molecular formula is C22H21F2NO6. The maximum atomic E-state index is 12.6. The standard InChI is InChI=1S/C22H21F2NO6/c1-13-9-17(14(2)25(13)11-16-5-4-8-29-16)18(26)12-30-21(27)15-6-7-19(31-22(23)24)20(10-15)28-3/h4-10,22H,11-12H2,1-3H3. The normalized spacial score (nSPS) is 10.9. The molecule has 0 N–H and O–H groups in total. The molecular weight excluding hydrogens is 412 g/mol. The number of carbonyl (C=O) groups is 2. The fourth-order valence-corrected chi connectivity index (χ4v) is 3.17. The number of methoxy groups -OCH3 is 1. The van der Waals surface area contributed by atoms with Crippen molar-refractivity contribution in [2.24, 2.45) is 0 Å². The predicted octanol–water partition coefficient (Wildman–Crippen LogP) is 4.40. The molecule has 9 heteroatoms. The summed E-state index contributed by atoms with van der Waals surface area (Å²) in [5, 5.41) is 0. The van der Waals surface area contributed by atoms with E-state index in [4.69, 9.17) is 13.9 Å². The molecule has 0 unspecified atom stereocenters. The van der Waals surface area contributed by atoms with Gasteiger partial charge in [0.1, 0.15) is 5.76 Å². The third-order valence-electron chi connectivity index (χ3n) is 4.72. The minimum atomic E-state index is -3.03. The van der Waals surface area contributed by atoms with Crippen LogP contribution in [0.3, 0.4) is 0 Å². The molecule has 0 saturated heterocycles. The minimum absolute atomic E-state index is 0.0366. The number of nitrogens with zero attached hydrogens (tertiary/aromatic N) is 1. The average Bonchev–Trinajstić information content (AvgIpc) is 3.35. The number of aryl methyl sites for hydroxylation is 1. The van der Waals surface area contributed by atoms with E-state index >= 15 is 0 Å². The molecule has 0 aliphatic rings. The van der Waals surface area contributed by atoms with Gasteiger partial charge < -0.3 is 23.2 Å². The van der Waals surface area contributed by atoms with Crippen molar-refractivity contribution < 1.29 is 37.0 Å². The van der Waals surface area contributed by atoms with Gasteiger partial charge in [-0.25, -0.2) is 4.79 Å². The second-order valence-electron chi connectivity index (χ2n) is 6.69. The van der Waals surface area contributed by atoms with Crippen LogP contribution in [0, 0.1) is 13.8 Å². The van der Waals surface area contributed by atoms with Crippen LogP contribution in [0.25, 0.3) is 0 Å². The molecule has 0 aliphatic heterocycles. The highest BCUT2D eigenvalue weighted by Crippen LogP contribution is 2.29. The first-order chi connectivity index (χ1) is 14.8. The van der Waals surface area contributed by atoms with Crippen LogP contribution >= 0.6 is 0 Å². The molecule has 3 rings (SSSR count). The molecule has 31 heavy (non-hydrogen) atoms. The lowest BCUT2D eigenvalue weighted by atomic mass is 10.1. The number of hydrogen-bond acceptors (Lipinski definition) is 6. The van der Waals surface area contributed by atoms with E-state index in [0.29, 0.717) is 12.1 Å². The lowest BCUT2D eigenvalue weighted by molar-refractivity contribution is -0.0512. The van der Waals surface area contributed by atoms with Crippen LogP contribution in [-0.2, 0) is 11.3 Å². The SMILES string of the molecule is COc1cc(C(=O)OCC(=O)c2cc(C)n(Cc3ccco3)c2C)ccc1OC(F)F. The third-order valence-corrected chi connectivity index (χ3v) is 4.72. The molecule has 0 atom stereocenters. The Morgan fingerprint density at radius 2 is 1.90 bits per heavy atom. The van der Waals surface area contributed by atoms with Gasteiger partial charge in [-0.2, -0.15) is 8.78 Å². The molecule has 0 saturated carbocycles. The number of furan rings is 1. The molecule has 2 heterocycles. The van der Waals surface area contributed by atoms with E-state index in [-0.39, 0.29) is 22.8 Å². The van der Waals surface area contributed by atoms with Crippen LogP contribution in [0.4, 0.5) is 8.78 Å². The second kappa shape index (κ2) is 9.46. The molecule has 1 aromatic carbocycles. The summed E-state index contributed by atoms with van der Waals surface area (Å²) in [6.45, 7) is 0.647. The van der Waals surface area contributed by atoms with Crippen molar-refractivity contribution in [2.75, 3.05) is 13.7 Å². The van der Waals surface area contributed by atoms with Crippen molar-refractivity contribution in [2.45, 2.75) is 27.0 Å². The predicted molar refractivity (Wildman–Crippen MR) is 106 cm³/mol. The molecule has 2 aromatic heterocycles. The Labute approximate surface area is 177 Å². The maximum absolute atomic E-state index is 12.6. The second-order valence-corrected chi connectivity index (χ2v) is 6.69. The number of carbonyl (C=O) groups excluding carboxylic acids is 2. The fourth-order valence-electron chi connectivity index (χ4n) is 3.17. The molecule has 0 aliphatic carbocycles. The number of ketones is 1. The summed E-state index contributed by atoms with van der Waals surface area (Å²) < 4.78 is 46.5. The van der Waals surface area contributed by atoms with Gasteiger partial charge in [-0.15, -0.1) is 0 Å². The Hall–Kier alpha value is -3.62. The lowest BCUT2D eigenvalue weighted by Crippen LogP contribution is -2.15. The monoisotopic (exact) mass is 433 g/mol. The summed E-state index contributed by atoms with van der Waals surface area (Å²) in [6, 6.07) is 8.99. The fraction of sp³-hybridized carbons (Fsp3) is 0.273. The zero-order chi connectivity index (χ0) is 22.5. The van der Waals surface area contributed by atoms with Crippen LogP contribution in [-0.4, -0.2) is 36.6 Å². The molecule has 0 amide bonds. The summed E-state index contributed by atoms with van der Waals surface area (Å²) in [7, 11) is 1.25. The summed E-state index contributed by atoms with van der Waals surface area (Å²) in [5.41, 5.74) is 2.07. The average molecular weight is 433 g/mol. The number of halogens is 2. The Bertz CT molecular complexity index is 1070. The Morgan fingerprint density at radius 3 is 2.55 bits per heavy atom. The number of aromatic nitrogens is 1. The highest BCUT2D eigenvalue weighted by atomic mass is 19.3. The van der Waals surface area contributed by atoms with Crippen LogP contribution in [0.5, 0.6) is 11.5 Å². The number of ether oxygens (including phenoxy) is 3. The van der Waals surface area contributed by atoms with Crippen molar-refractivity contribution in [3.63, 3.8) is 0 Å². The Morgan fingerprint density at radius 1 is 1.13 bits per heavy atom. The topological polar surface area (TPSA) is 79.9 Å². The minimum Gasteiger partial charge on any atom is -0.493 e. The van der Waals surface area contributed by atoms with E-state index in [1.165, 1.54) is 25.3 Å². The van der Waals surface area contributed by atoms with Gasteiger partial charge in [0.25, 0.3) is 0 Å². The van der Waals surface area contributed by atoms with Gasteiger partial charge in [0.15, 0.2) is 18.1 Å². The summed E-state index contributed by atoms with van der Waals surface area (Å²) in [6.07, 6.45) is 1.58. The molecule has 7 nitrogen and oxygen atoms in total. The number of alkyl halides is 2. The van der Waals surface area contributed by atoms with Gasteiger partial charge in [0.2, 0.25) is 5.78 Å². The van der Waals surface area contributed by atoms with Crippen molar-refractivity contribution in [3.05, 3.63) is 70.9 Å². The van der Waals surface area contributed by atoms with Gasteiger partial charge in [0, 0.05) is 17.0 Å². The van der Waals surface area contributed by atoms with E-state index in [1.807, 2.05) is 17.6 Å². The first kappa shape index (κ1) is 22.1. The van der Waals surface area contributed by atoms with E-state index in [2.05, 4.69) is 4.74 Å². The Balaban J connectivity index is 1.67. The number of Topliss-reactive ketones (excluding diaryl/α,β-unsaturated/α-hetero) is 1. The van der Waals surface area contributed by atoms with Crippen molar-refractivity contribution in [3.8, 4) is 11.5 Å². The molecule has 0 fully saturated rings. The number of hydrogen-bond donors (Lipinski definition) is 0. The first-order valence-electron chi connectivity index (χ1n) is 9.32. The van der Waals surface area contributed by atoms with Crippen LogP contribution in [0.1, 0.15) is 37.9 Å². The highest BCUT2D eigenvalue weighted by Gasteiger charge is 2.20. The quantitative estimate of drug-likeness (QED) is 0.368. The first-order valence-corrected chi connectivity index (χ1v) is 9.32. The molecule has 164 valence electrons. The van der Waals surface area contributed by atoms with Crippen molar-refractivity contribution in [1.82, 2.24) is 4.57 Å². The Kier molecular flexibility index (Phi) is 6.74. The lowest BCUT2D eigenvalue weighted by Gasteiger charge is -2.11. The number of benzene rings is 1. The van der Waals surface area contributed by atoms with E-state index in [9.17, 15) is 18.4 Å². The summed E-state index contributed by atoms with van der Waals surface area (Å²) >= 11 is 0. The van der Waals surface area contributed by atoms with Crippen LogP contribution in [0.2, 0.25) is 0 Å². The van der Waals surface area contributed by atoms with Crippen LogP contribution in [0.15, 0.2) is 47.1 Å². The molecule has 0 radical (unpaired) electrons. The zero-order valence-corrected chi connectivity index (χ0v) is 17.2. The summed E-state index contributed by atoms with van der Waals surface area (Å²) in [5.74, 6) is -0.673. The van der Waals surface area contributed by atoms with E-state index < -0.39 is 19.2 Å². The third kappa shape index (κ3) is 5.11. The summed E-state index contributed by atoms with van der Waals surface area (Å²) in [4.78, 5) is 24.9. The molecule has 3 aromatic rings. The van der Waals surface area contributed by atoms with E-state index in [1.54, 1.807) is 25.3 Å². The highest BCUT2D eigenvalue weighted by molar-refractivity contribution is 6.00. The van der Waals surface area contributed by atoms with E-state index in [0.717, 1.165) is 17.1 Å². The largest absolute Gasteiger partial charge is 0.493 e. The van der Waals surface area contributed by atoms with Gasteiger partial charge in [-0.1, -0.05) is 0 Å². The molecule has 0 bridgehead atoms.